The van der Waals surface area contributed by atoms with Gasteiger partial charge in [-0.2, -0.15) is 0 Å². The highest BCUT2D eigenvalue weighted by molar-refractivity contribution is 5.92. The minimum absolute atomic E-state index is 0.172. The minimum Gasteiger partial charge on any atom is -0.339 e. The molecule has 1 saturated heterocycles. The molecule has 104 valence electrons. The Hall–Kier alpha value is -2.03. The van der Waals surface area contributed by atoms with Crippen molar-refractivity contribution in [1.29, 1.82) is 0 Å². The molecule has 0 radical (unpaired) electrons. The Morgan fingerprint density at radius 1 is 0.950 bits per heavy atom. The Labute approximate surface area is 119 Å². The highest BCUT2D eigenvalue weighted by Gasteiger charge is 2.20. The maximum atomic E-state index is 12.6. The van der Waals surface area contributed by atoms with Crippen LogP contribution in [0.2, 0.25) is 0 Å². The third kappa shape index (κ3) is 2.77. The molecule has 0 bridgehead atoms. The summed E-state index contributed by atoms with van der Waals surface area (Å²) in [6.45, 7) is 2.55. The maximum absolute atomic E-state index is 12.6. The molecule has 0 saturated carbocycles. The second-order valence-electron chi connectivity index (χ2n) is 5.36. The van der Waals surface area contributed by atoms with E-state index < -0.39 is 0 Å². The summed E-state index contributed by atoms with van der Waals surface area (Å²) in [5.74, 6) is 0.172. The molecule has 0 atom stereocenters. The lowest BCUT2D eigenvalue weighted by Crippen LogP contribution is -2.36. The third-order valence-corrected chi connectivity index (χ3v) is 3.89. The van der Waals surface area contributed by atoms with Gasteiger partial charge in [-0.25, -0.2) is 0 Å². The van der Waals surface area contributed by atoms with Crippen molar-refractivity contribution < 1.29 is 4.79 Å². The Bertz CT molecular complexity index is 568. The van der Waals surface area contributed by atoms with Crippen LogP contribution in [0.1, 0.15) is 35.3 Å². The predicted molar refractivity (Wildman–Crippen MR) is 79.7 cm³/mol. The Morgan fingerprint density at radius 2 is 1.70 bits per heavy atom. The molecule has 3 rings (SSSR count). The van der Waals surface area contributed by atoms with Crippen molar-refractivity contribution in [1.82, 2.24) is 9.47 Å². The van der Waals surface area contributed by atoms with Crippen LogP contribution >= 0.6 is 0 Å². The molecule has 2 heterocycles. The number of benzene rings is 1. The average Bonchev–Trinajstić information content (AvgIpc) is 2.96. The number of rotatable bonds is 3. The van der Waals surface area contributed by atoms with Gasteiger partial charge in [-0.15, -0.1) is 0 Å². The van der Waals surface area contributed by atoms with Crippen molar-refractivity contribution in [2.75, 3.05) is 13.1 Å². The molecule has 1 fully saturated rings. The predicted octanol–water partition coefficient (Wildman–Crippen LogP) is 3.16. The number of amides is 1. The monoisotopic (exact) mass is 268 g/mol. The molecule has 0 spiro atoms. The fraction of sp³-hybridized carbons (Fsp3) is 0.353. The van der Waals surface area contributed by atoms with Gasteiger partial charge in [0, 0.05) is 25.8 Å². The summed E-state index contributed by atoms with van der Waals surface area (Å²) >= 11 is 0. The molecular formula is C17H20N2O. The number of likely N-dealkylation sites (tertiary alicyclic amines) is 1. The van der Waals surface area contributed by atoms with Gasteiger partial charge in [0.25, 0.3) is 5.91 Å². The van der Waals surface area contributed by atoms with Gasteiger partial charge in [0.2, 0.25) is 0 Å². The van der Waals surface area contributed by atoms with Crippen LogP contribution in [-0.2, 0) is 6.54 Å². The largest absolute Gasteiger partial charge is 0.339 e. The fourth-order valence-electron chi connectivity index (χ4n) is 2.79. The van der Waals surface area contributed by atoms with E-state index in [1.165, 1.54) is 12.0 Å². The van der Waals surface area contributed by atoms with Crippen LogP contribution in [-0.4, -0.2) is 28.5 Å². The van der Waals surface area contributed by atoms with Crippen molar-refractivity contribution >= 4 is 5.91 Å². The van der Waals surface area contributed by atoms with E-state index in [2.05, 4.69) is 12.1 Å². The summed E-state index contributed by atoms with van der Waals surface area (Å²) in [6, 6.07) is 14.2. The summed E-state index contributed by atoms with van der Waals surface area (Å²) in [5.41, 5.74) is 2.02. The van der Waals surface area contributed by atoms with Crippen LogP contribution in [0.25, 0.3) is 0 Å². The summed E-state index contributed by atoms with van der Waals surface area (Å²) in [7, 11) is 0. The highest BCUT2D eigenvalue weighted by atomic mass is 16.2. The topological polar surface area (TPSA) is 25.2 Å². The number of hydrogen-bond donors (Lipinski definition) is 0. The second-order valence-corrected chi connectivity index (χ2v) is 5.36. The molecule has 3 nitrogen and oxygen atoms in total. The van der Waals surface area contributed by atoms with Crippen molar-refractivity contribution in [2.24, 2.45) is 0 Å². The Kier molecular flexibility index (Phi) is 3.86. The molecule has 1 aromatic heterocycles. The number of aromatic nitrogens is 1. The van der Waals surface area contributed by atoms with Crippen molar-refractivity contribution in [3.05, 3.63) is 59.9 Å². The molecule has 20 heavy (non-hydrogen) atoms. The molecular weight excluding hydrogens is 248 g/mol. The Balaban J connectivity index is 1.77. The van der Waals surface area contributed by atoms with Crippen LogP contribution in [0.15, 0.2) is 48.7 Å². The number of nitrogens with zero attached hydrogens (tertiary/aromatic N) is 2. The van der Waals surface area contributed by atoms with E-state index in [1.54, 1.807) is 0 Å². The average molecular weight is 268 g/mol. The molecule has 0 N–H and O–H groups in total. The van der Waals surface area contributed by atoms with E-state index in [0.717, 1.165) is 38.2 Å². The lowest BCUT2D eigenvalue weighted by atomic mass is 10.1. The zero-order valence-electron chi connectivity index (χ0n) is 11.7. The van der Waals surface area contributed by atoms with Gasteiger partial charge in [-0.1, -0.05) is 30.3 Å². The van der Waals surface area contributed by atoms with Crippen molar-refractivity contribution in [3.8, 4) is 0 Å². The molecule has 0 unspecified atom stereocenters. The molecule has 1 aliphatic rings. The van der Waals surface area contributed by atoms with E-state index in [4.69, 9.17) is 0 Å². The standard InChI is InChI=1S/C17H20N2O/c20-17(18-11-5-2-6-12-18)16-10-7-13-19(16)14-15-8-3-1-4-9-15/h1,3-4,7-10,13H,2,5-6,11-12,14H2. The first-order chi connectivity index (χ1) is 9.84. The zero-order chi connectivity index (χ0) is 13.8. The normalized spacial score (nSPS) is 15.3. The van der Waals surface area contributed by atoms with Crippen LogP contribution in [0.4, 0.5) is 0 Å². The number of carbonyl (C=O) groups is 1. The van der Waals surface area contributed by atoms with Crippen molar-refractivity contribution in [3.63, 3.8) is 0 Å². The van der Waals surface area contributed by atoms with Crippen molar-refractivity contribution in [2.45, 2.75) is 25.8 Å². The van der Waals surface area contributed by atoms with E-state index in [9.17, 15) is 4.79 Å². The third-order valence-electron chi connectivity index (χ3n) is 3.89. The lowest BCUT2D eigenvalue weighted by molar-refractivity contribution is 0.0714. The molecule has 1 aliphatic heterocycles. The molecule has 0 aliphatic carbocycles. The number of piperidine rings is 1. The van der Waals surface area contributed by atoms with Gasteiger partial charge in [-0.3, -0.25) is 4.79 Å². The van der Waals surface area contributed by atoms with E-state index >= 15 is 0 Å². The maximum Gasteiger partial charge on any atom is 0.270 e. The highest BCUT2D eigenvalue weighted by Crippen LogP contribution is 2.15. The molecule has 3 heteroatoms. The summed E-state index contributed by atoms with van der Waals surface area (Å²) in [4.78, 5) is 14.6. The van der Waals surface area contributed by atoms with Gasteiger partial charge in [0.05, 0.1) is 0 Å². The first kappa shape index (κ1) is 13.0. The SMILES string of the molecule is O=C(c1cccn1Cc1ccccc1)N1CCCCC1. The van der Waals surface area contributed by atoms with Crippen LogP contribution in [0.5, 0.6) is 0 Å². The fourth-order valence-corrected chi connectivity index (χ4v) is 2.79. The van der Waals surface area contributed by atoms with Gasteiger partial charge >= 0.3 is 0 Å². The molecule has 1 amide bonds. The zero-order valence-corrected chi connectivity index (χ0v) is 11.7. The molecule has 2 aromatic rings. The smallest absolute Gasteiger partial charge is 0.270 e. The first-order valence-corrected chi connectivity index (χ1v) is 7.33. The lowest BCUT2D eigenvalue weighted by Gasteiger charge is -2.27. The van der Waals surface area contributed by atoms with Gasteiger partial charge in [-0.05, 0) is 37.0 Å². The summed E-state index contributed by atoms with van der Waals surface area (Å²) < 4.78 is 2.05. The molecule has 1 aromatic carbocycles. The van der Waals surface area contributed by atoms with E-state index in [-0.39, 0.29) is 5.91 Å². The second kappa shape index (κ2) is 5.95. The first-order valence-electron chi connectivity index (χ1n) is 7.33. The van der Waals surface area contributed by atoms with Gasteiger partial charge in [0.1, 0.15) is 5.69 Å². The Morgan fingerprint density at radius 3 is 2.45 bits per heavy atom. The summed E-state index contributed by atoms with van der Waals surface area (Å²) in [5, 5.41) is 0. The van der Waals surface area contributed by atoms with Crippen LogP contribution in [0.3, 0.4) is 0 Å². The summed E-state index contributed by atoms with van der Waals surface area (Å²) in [6.07, 6.45) is 5.50. The van der Waals surface area contributed by atoms with Crippen LogP contribution in [0, 0.1) is 0 Å². The van der Waals surface area contributed by atoms with Gasteiger partial charge in [0.15, 0.2) is 0 Å². The number of carbonyl (C=O) groups excluding carboxylic acids is 1. The van der Waals surface area contributed by atoms with Gasteiger partial charge < -0.3 is 9.47 Å². The van der Waals surface area contributed by atoms with E-state index in [0.29, 0.717) is 0 Å². The van der Waals surface area contributed by atoms with Crippen LogP contribution < -0.4 is 0 Å². The number of hydrogen-bond acceptors (Lipinski definition) is 1. The van der Waals surface area contributed by atoms with E-state index in [1.807, 2.05) is 46.0 Å². The minimum atomic E-state index is 0.172. The quantitative estimate of drug-likeness (QED) is 0.839.